The Morgan fingerprint density at radius 3 is 2.31 bits per heavy atom. The van der Waals surface area contributed by atoms with E-state index in [1.54, 1.807) is 0 Å². The molecule has 0 aromatic heterocycles. The maximum Gasteiger partial charge on any atom is 0.308 e. The van der Waals surface area contributed by atoms with Gasteiger partial charge in [0.2, 0.25) is 0 Å². The van der Waals surface area contributed by atoms with Gasteiger partial charge in [0, 0.05) is 6.54 Å². The summed E-state index contributed by atoms with van der Waals surface area (Å²) in [4.78, 5) is 11.5. The number of hydrogen-bond acceptors (Lipinski definition) is 3. The molecule has 0 rings (SSSR count). The van der Waals surface area contributed by atoms with Crippen molar-refractivity contribution in [3.05, 3.63) is 0 Å². The first kappa shape index (κ1) is 15.4. The number of rotatable bonds is 9. The van der Waals surface area contributed by atoms with Crippen LogP contribution in [-0.4, -0.2) is 25.7 Å². The molecule has 0 atom stereocenters. The molecule has 0 heterocycles. The Morgan fingerprint density at radius 1 is 1.19 bits per heavy atom. The quantitative estimate of drug-likeness (QED) is 0.488. The molecule has 0 bridgehead atoms. The Labute approximate surface area is 99.9 Å². The average Bonchev–Trinajstić information content (AvgIpc) is 2.24. The van der Waals surface area contributed by atoms with E-state index in [4.69, 9.17) is 4.74 Å². The van der Waals surface area contributed by atoms with Crippen LogP contribution in [0.25, 0.3) is 0 Å². The smallest absolute Gasteiger partial charge is 0.308 e. The zero-order chi connectivity index (χ0) is 12.4. The van der Waals surface area contributed by atoms with Crippen molar-refractivity contribution in [2.75, 3.05) is 19.7 Å². The van der Waals surface area contributed by atoms with Gasteiger partial charge in [0.15, 0.2) is 0 Å². The maximum absolute atomic E-state index is 11.5. The molecule has 0 aliphatic carbocycles. The summed E-state index contributed by atoms with van der Waals surface area (Å²) in [6, 6.07) is 0. The minimum absolute atomic E-state index is 0.0457. The van der Waals surface area contributed by atoms with Gasteiger partial charge in [-0.05, 0) is 31.7 Å². The fourth-order valence-corrected chi connectivity index (χ4v) is 1.48. The SMILES string of the molecule is CCC(CC)C(=O)OCCNCCC(C)C. The number of esters is 1. The van der Waals surface area contributed by atoms with Crippen LogP contribution < -0.4 is 5.32 Å². The molecule has 0 radical (unpaired) electrons. The Kier molecular flexibility index (Phi) is 9.30. The van der Waals surface area contributed by atoms with Gasteiger partial charge >= 0.3 is 5.97 Å². The standard InChI is InChI=1S/C13H27NO2/c1-5-12(6-2)13(15)16-10-9-14-8-7-11(3)4/h11-12,14H,5-10H2,1-4H3. The minimum Gasteiger partial charge on any atom is -0.464 e. The predicted molar refractivity (Wildman–Crippen MR) is 67.4 cm³/mol. The molecule has 16 heavy (non-hydrogen) atoms. The molecule has 0 fully saturated rings. The zero-order valence-corrected chi connectivity index (χ0v) is 11.2. The third-order valence-corrected chi connectivity index (χ3v) is 2.74. The van der Waals surface area contributed by atoms with Crippen LogP contribution in [0, 0.1) is 11.8 Å². The van der Waals surface area contributed by atoms with Crippen molar-refractivity contribution in [3.63, 3.8) is 0 Å². The first-order valence-corrected chi connectivity index (χ1v) is 6.49. The van der Waals surface area contributed by atoms with Crippen molar-refractivity contribution in [2.24, 2.45) is 11.8 Å². The lowest BCUT2D eigenvalue weighted by Crippen LogP contribution is -2.25. The second-order valence-electron chi connectivity index (χ2n) is 4.61. The summed E-state index contributed by atoms with van der Waals surface area (Å²) in [6.45, 7) is 10.7. The molecule has 0 aromatic rings. The van der Waals surface area contributed by atoms with Gasteiger partial charge < -0.3 is 10.1 Å². The summed E-state index contributed by atoms with van der Waals surface area (Å²) >= 11 is 0. The summed E-state index contributed by atoms with van der Waals surface area (Å²) in [5.41, 5.74) is 0. The number of ether oxygens (including phenoxy) is 1. The summed E-state index contributed by atoms with van der Waals surface area (Å²) < 4.78 is 5.19. The first-order chi connectivity index (χ1) is 7.61. The van der Waals surface area contributed by atoms with E-state index in [9.17, 15) is 4.79 Å². The zero-order valence-electron chi connectivity index (χ0n) is 11.2. The summed E-state index contributed by atoms with van der Waals surface area (Å²) in [5.74, 6) is 0.755. The van der Waals surface area contributed by atoms with E-state index in [2.05, 4.69) is 19.2 Å². The van der Waals surface area contributed by atoms with Gasteiger partial charge in [-0.3, -0.25) is 4.79 Å². The number of carbonyl (C=O) groups excluding carboxylic acids is 1. The van der Waals surface area contributed by atoms with E-state index >= 15 is 0 Å². The van der Waals surface area contributed by atoms with Crippen LogP contribution in [-0.2, 0) is 9.53 Å². The number of hydrogen-bond donors (Lipinski definition) is 1. The van der Waals surface area contributed by atoms with Crippen molar-refractivity contribution < 1.29 is 9.53 Å². The molecule has 0 saturated heterocycles. The van der Waals surface area contributed by atoms with Crippen LogP contribution in [0.3, 0.4) is 0 Å². The van der Waals surface area contributed by atoms with E-state index in [0.717, 1.165) is 31.8 Å². The normalized spacial score (nSPS) is 11.1. The Morgan fingerprint density at radius 2 is 1.81 bits per heavy atom. The highest BCUT2D eigenvalue weighted by molar-refractivity contribution is 5.72. The van der Waals surface area contributed by atoms with Gasteiger partial charge in [0.1, 0.15) is 6.61 Å². The largest absolute Gasteiger partial charge is 0.464 e. The van der Waals surface area contributed by atoms with E-state index in [-0.39, 0.29) is 11.9 Å². The van der Waals surface area contributed by atoms with Crippen molar-refractivity contribution in [1.29, 1.82) is 0 Å². The Bertz CT molecular complexity index is 177. The highest BCUT2D eigenvalue weighted by atomic mass is 16.5. The lowest BCUT2D eigenvalue weighted by atomic mass is 10.0. The average molecular weight is 229 g/mol. The lowest BCUT2D eigenvalue weighted by molar-refractivity contribution is -0.148. The number of carbonyl (C=O) groups is 1. The van der Waals surface area contributed by atoms with Gasteiger partial charge in [-0.25, -0.2) is 0 Å². The van der Waals surface area contributed by atoms with Gasteiger partial charge in [-0.15, -0.1) is 0 Å². The summed E-state index contributed by atoms with van der Waals surface area (Å²) in [6.07, 6.45) is 2.91. The van der Waals surface area contributed by atoms with Crippen LogP contribution in [0.4, 0.5) is 0 Å². The predicted octanol–water partition coefficient (Wildman–Crippen LogP) is 2.60. The molecule has 0 aromatic carbocycles. The third-order valence-electron chi connectivity index (χ3n) is 2.74. The van der Waals surface area contributed by atoms with E-state index in [1.165, 1.54) is 6.42 Å². The van der Waals surface area contributed by atoms with Crippen LogP contribution >= 0.6 is 0 Å². The van der Waals surface area contributed by atoms with Crippen LogP contribution in [0.5, 0.6) is 0 Å². The van der Waals surface area contributed by atoms with Crippen molar-refractivity contribution >= 4 is 5.97 Å². The fourth-order valence-electron chi connectivity index (χ4n) is 1.48. The molecule has 0 spiro atoms. The van der Waals surface area contributed by atoms with Gasteiger partial charge in [0.05, 0.1) is 5.92 Å². The lowest BCUT2D eigenvalue weighted by Gasteiger charge is -2.12. The molecule has 3 heteroatoms. The molecule has 1 N–H and O–H groups in total. The molecule has 3 nitrogen and oxygen atoms in total. The Balaban J connectivity index is 3.40. The molecule has 0 unspecified atom stereocenters. The van der Waals surface area contributed by atoms with Crippen molar-refractivity contribution in [3.8, 4) is 0 Å². The fraction of sp³-hybridized carbons (Fsp3) is 0.923. The highest BCUT2D eigenvalue weighted by Crippen LogP contribution is 2.09. The minimum atomic E-state index is -0.0457. The van der Waals surface area contributed by atoms with Crippen LogP contribution in [0.1, 0.15) is 47.0 Å². The van der Waals surface area contributed by atoms with Crippen molar-refractivity contribution in [2.45, 2.75) is 47.0 Å². The molecule has 0 amide bonds. The molecule has 96 valence electrons. The summed E-state index contributed by atoms with van der Waals surface area (Å²) in [7, 11) is 0. The number of nitrogens with one attached hydrogen (secondary N) is 1. The first-order valence-electron chi connectivity index (χ1n) is 6.49. The van der Waals surface area contributed by atoms with Gasteiger partial charge in [0.25, 0.3) is 0 Å². The molecular weight excluding hydrogens is 202 g/mol. The summed E-state index contributed by atoms with van der Waals surface area (Å²) in [5, 5.41) is 3.27. The molecular formula is C13H27NO2. The van der Waals surface area contributed by atoms with E-state index in [0.29, 0.717) is 6.61 Å². The monoisotopic (exact) mass is 229 g/mol. The van der Waals surface area contributed by atoms with Crippen LogP contribution in [0.15, 0.2) is 0 Å². The Hall–Kier alpha value is -0.570. The maximum atomic E-state index is 11.5. The second kappa shape index (κ2) is 9.64. The van der Waals surface area contributed by atoms with Gasteiger partial charge in [-0.2, -0.15) is 0 Å². The molecule has 0 saturated carbocycles. The van der Waals surface area contributed by atoms with E-state index in [1.807, 2.05) is 13.8 Å². The molecule has 0 aliphatic heterocycles. The topological polar surface area (TPSA) is 38.3 Å². The third kappa shape index (κ3) is 7.69. The van der Waals surface area contributed by atoms with Crippen LogP contribution in [0.2, 0.25) is 0 Å². The van der Waals surface area contributed by atoms with Gasteiger partial charge in [-0.1, -0.05) is 27.7 Å². The molecule has 0 aliphatic rings. The van der Waals surface area contributed by atoms with E-state index < -0.39 is 0 Å². The highest BCUT2D eigenvalue weighted by Gasteiger charge is 2.14. The van der Waals surface area contributed by atoms with Crippen molar-refractivity contribution in [1.82, 2.24) is 5.32 Å². The second-order valence-corrected chi connectivity index (χ2v) is 4.61.